The quantitative estimate of drug-likeness (QED) is 0.873. The minimum Gasteiger partial charge on any atom is -0.381 e. The molecule has 0 radical (unpaired) electrons. The molecular formula is C12H12F2N2O. The molecule has 0 fully saturated rings. The molecule has 0 bridgehead atoms. The second kappa shape index (κ2) is 4.16. The van der Waals surface area contributed by atoms with Crippen LogP contribution in [0.3, 0.4) is 0 Å². The van der Waals surface area contributed by atoms with E-state index < -0.39 is 11.6 Å². The van der Waals surface area contributed by atoms with Crippen LogP contribution in [0.1, 0.15) is 25.3 Å². The number of nitrogen functional groups attached to an aromatic ring is 1. The molecule has 0 amide bonds. The van der Waals surface area contributed by atoms with E-state index >= 15 is 0 Å². The Morgan fingerprint density at radius 3 is 2.53 bits per heavy atom. The fourth-order valence-corrected chi connectivity index (χ4v) is 1.71. The lowest BCUT2D eigenvalue weighted by Gasteiger charge is -2.05. The van der Waals surface area contributed by atoms with Crippen molar-refractivity contribution in [1.29, 1.82) is 0 Å². The molecule has 3 nitrogen and oxygen atoms in total. The first-order chi connectivity index (χ1) is 8.00. The van der Waals surface area contributed by atoms with E-state index in [0.29, 0.717) is 16.9 Å². The third-order valence-electron chi connectivity index (χ3n) is 2.51. The molecule has 0 atom stereocenters. The van der Waals surface area contributed by atoms with Gasteiger partial charge < -0.3 is 10.3 Å². The highest BCUT2D eigenvalue weighted by Crippen LogP contribution is 2.33. The lowest BCUT2D eigenvalue weighted by Crippen LogP contribution is -1.95. The van der Waals surface area contributed by atoms with Crippen molar-refractivity contribution in [2.45, 2.75) is 19.8 Å². The van der Waals surface area contributed by atoms with Gasteiger partial charge in [-0.05, 0) is 24.1 Å². The molecule has 0 aliphatic carbocycles. The first-order valence-electron chi connectivity index (χ1n) is 5.21. The maximum atomic E-state index is 13.1. The maximum Gasteiger partial charge on any atom is 0.172 e. The predicted octanol–water partition coefficient (Wildman–Crippen LogP) is 3.33. The molecule has 1 aromatic carbocycles. The predicted molar refractivity (Wildman–Crippen MR) is 60.4 cm³/mol. The summed E-state index contributed by atoms with van der Waals surface area (Å²) in [6.07, 6.45) is 0. The van der Waals surface area contributed by atoms with E-state index in [2.05, 4.69) is 5.16 Å². The summed E-state index contributed by atoms with van der Waals surface area (Å²) in [7, 11) is 0. The number of hydrogen-bond acceptors (Lipinski definition) is 3. The molecular weight excluding hydrogens is 226 g/mol. The van der Waals surface area contributed by atoms with Crippen LogP contribution in [0, 0.1) is 11.6 Å². The van der Waals surface area contributed by atoms with Crippen molar-refractivity contribution in [3.63, 3.8) is 0 Å². The summed E-state index contributed by atoms with van der Waals surface area (Å²) in [6.45, 7) is 3.85. The third-order valence-corrected chi connectivity index (χ3v) is 2.51. The molecule has 0 saturated heterocycles. The van der Waals surface area contributed by atoms with Gasteiger partial charge in [-0.1, -0.05) is 19.0 Å². The van der Waals surface area contributed by atoms with Gasteiger partial charge >= 0.3 is 0 Å². The summed E-state index contributed by atoms with van der Waals surface area (Å²) >= 11 is 0. The zero-order valence-electron chi connectivity index (χ0n) is 9.50. The van der Waals surface area contributed by atoms with E-state index in [-0.39, 0.29) is 11.7 Å². The molecule has 0 unspecified atom stereocenters. The highest BCUT2D eigenvalue weighted by molar-refractivity contribution is 5.66. The molecule has 1 aromatic heterocycles. The van der Waals surface area contributed by atoms with Crippen molar-refractivity contribution >= 4 is 5.82 Å². The van der Waals surface area contributed by atoms with Crippen LogP contribution in [0.2, 0.25) is 0 Å². The van der Waals surface area contributed by atoms with Crippen molar-refractivity contribution in [3.05, 3.63) is 35.4 Å². The van der Waals surface area contributed by atoms with Crippen LogP contribution in [0.4, 0.5) is 14.6 Å². The third kappa shape index (κ3) is 2.00. The summed E-state index contributed by atoms with van der Waals surface area (Å²) in [5, 5.41) is 3.65. The summed E-state index contributed by atoms with van der Waals surface area (Å²) < 4.78 is 31.0. The molecule has 5 heteroatoms. The van der Waals surface area contributed by atoms with E-state index in [4.69, 9.17) is 10.3 Å². The Morgan fingerprint density at radius 1 is 1.24 bits per heavy atom. The first-order valence-corrected chi connectivity index (χ1v) is 5.21. The standard InChI is InChI=1S/C12H12F2N2O/c1-6(2)10-11(17-16-12(10)15)7-3-4-8(13)9(14)5-7/h3-6H,1-2H3,(H2,15,16). The van der Waals surface area contributed by atoms with Crippen LogP contribution in [-0.4, -0.2) is 5.16 Å². The van der Waals surface area contributed by atoms with Crippen molar-refractivity contribution < 1.29 is 13.3 Å². The number of rotatable bonds is 2. The van der Waals surface area contributed by atoms with E-state index in [9.17, 15) is 8.78 Å². The van der Waals surface area contributed by atoms with Crippen LogP contribution >= 0.6 is 0 Å². The van der Waals surface area contributed by atoms with Crippen LogP contribution in [-0.2, 0) is 0 Å². The molecule has 2 rings (SSSR count). The van der Waals surface area contributed by atoms with Crippen molar-refractivity contribution in [2.24, 2.45) is 0 Å². The number of aromatic nitrogens is 1. The van der Waals surface area contributed by atoms with Crippen LogP contribution in [0.5, 0.6) is 0 Å². The minimum atomic E-state index is -0.924. The summed E-state index contributed by atoms with van der Waals surface area (Å²) in [4.78, 5) is 0. The van der Waals surface area contributed by atoms with Gasteiger partial charge in [-0.25, -0.2) is 8.78 Å². The topological polar surface area (TPSA) is 52.0 Å². The molecule has 0 aliphatic rings. The highest BCUT2D eigenvalue weighted by atomic mass is 19.2. The Hall–Kier alpha value is -1.91. The minimum absolute atomic E-state index is 0.0874. The maximum absolute atomic E-state index is 13.1. The molecule has 2 N–H and O–H groups in total. The smallest absolute Gasteiger partial charge is 0.172 e. The molecule has 17 heavy (non-hydrogen) atoms. The van der Waals surface area contributed by atoms with Gasteiger partial charge in [-0.2, -0.15) is 0 Å². The van der Waals surface area contributed by atoms with Crippen molar-refractivity contribution in [2.75, 3.05) is 5.73 Å². The van der Waals surface area contributed by atoms with Crippen LogP contribution in [0.25, 0.3) is 11.3 Å². The Kier molecular flexibility index (Phi) is 2.83. The average Bonchev–Trinajstić information content (AvgIpc) is 2.64. The Balaban J connectivity index is 2.56. The van der Waals surface area contributed by atoms with E-state index in [1.54, 1.807) is 0 Å². The summed E-state index contributed by atoms with van der Waals surface area (Å²) in [5.41, 5.74) is 6.81. The van der Waals surface area contributed by atoms with E-state index in [1.165, 1.54) is 6.07 Å². The van der Waals surface area contributed by atoms with Gasteiger partial charge in [0.05, 0.1) is 0 Å². The van der Waals surface area contributed by atoms with Gasteiger partial charge in [0.1, 0.15) is 0 Å². The van der Waals surface area contributed by atoms with Gasteiger partial charge in [-0.15, -0.1) is 0 Å². The van der Waals surface area contributed by atoms with E-state index in [0.717, 1.165) is 12.1 Å². The number of anilines is 1. The normalized spacial score (nSPS) is 11.1. The lowest BCUT2D eigenvalue weighted by atomic mass is 9.99. The van der Waals surface area contributed by atoms with Crippen molar-refractivity contribution in [1.82, 2.24) is 5.16 Å². The molecule has 90 valence electrons. The zero-order chi connectivity index (χ0) is 12.6. The monoisotopic (exact) mass is 238 g/mol. The first kappa shape index (κ1) is 11.6. The van der Waals surface area contributed by atoms with Crippen LogP contribution < -0.4 is 5.73 Å². The zero-order valence-corrected chi connectivity index (χ0v) is 9.50. The summed E-state index contributed by atoms with van der Waals surface area (Å²) in [6, 6.07) is 3.55. The lowest BCUT2D eigenvalue weighted by molar-refractivity contribution is 0.433. The Morgan fingerprint density at radius 2 is 1.94 bits per heavy atom. The molecule has 0 saturated carbocycles. The molecule has 0 aliphatic heterocycles. The Labute approximate surface area is 97.2 Å². The largest absolute Gasteiger partial charge is 0.381 e. The van der Waals surface area contributed by atoms with Gasteiger partial charge in [0.15, 0.2) is 23.2 Å². The van der Waals surface area contributed by atoms with Gasteiger partial charge in [0.2, 0.25) is 0 Å². The molecule has 2 aromatic rings. The average molecular weight is 238 g/mol. The van der Waals surface area contributed by atoms with Crippen molar-refractivity contribution in [3.8, 4) is 11.3 Å². The molecule has 1 heterocycles. The highest BCUT2D eigenvalue weighted by Gasteiger charge is 2.19. The fraction of sp³-hybridized carbons (Fsp3) is 0.250. The number of nitrogens with two attached hydrogens (primary N) is 1. The van der Waals surface area contributed by atoms with Gasteiger partial charge in [0.25, 0.3) is 0 Å². The van der Waals surface area contributed by atoms with Gasteiger partial charge in [0, 0.05) is 11.1 Å². The second-order valence-electron chi connectivity index (χ2n) is 4.09. The number of hydrogen-bond donors (Lipinski definition) is 1. The SMILES string of the molecule is CC(C)c1c(N)noc1-c1ccc(F)c(F)c1. The second-order valence-corrected chi connectivity index (χ2v) is 4.09. The van der Waals surface area contributed by atoms with E-state index in [1.807, 2.05) is 13.8 Å². The molecule has 0 spiro atoms. The number of nitrogens with zero attached hydrogens (tertiary/aromatic N) is 1. The number of benzene rings is 1. The summed E-state index contributed by atoms with van der Waals surface area (Å²) in [5.74, 6) is -1.07. The van der Waals surface area contributed by atoms with Gasteiger partial charge in [-0.3, -0.25) is 0 Å². The fourth-order valence-electron chi connectivity index (χ4n) is 1.71. The Bertz CT molecular complexity index is 549. The van der Waals surface area contributed by atoms with Crippen LogP contribution in [0.15, 0.2) is 22.7 Å². The number of halogens is 2.